The minimum atomic E-state index is -0.610. The lowest BCUT2D eigenvalue weighted by Gasteiger charge is -2.24. The van der Waals surface area contributed by atoms with Crippen LogP contribution in [0.15, 0.2) is 12.7 Å². The second-order valence-electron chi connectivity index (χ2n) is 4.58. The summed E-state index contributed by atoms with van der Waals surface area (Å²) in [6.45, 7) is 7.43. The van der Waals surface area contributed by atoms with Gasteiger partial charge in [-0.05, 0) is 26.7 Å². The molecule has 1 aromatic heterocycles. The maximum atomic E-state index is 9.83. The van der Waals surface area contributed by atoms with Crippen molar-refractivity contribution in [2.75, 3.05) is 6.54 Å². The Hall–Kier alpha value is -0.940. The molecule has 0 aliphatic carbocycles. The van der Waals surface area contributed by atoms with Crippen LogP contribution in [-0.2, 0) is 6.54 Å². The Balaban J connectivity index is 2.18. The maximum Gasteiger partial charge on any atom is 0.137 e. The van der Waals surface area contributed by atoms with E-state index in [1.54, 1.807) is 12.7 Å². The third-order valence-electron chi connectivity index (χ3n) is 2.85. The molecule has 5 heteroatoms. The third kappa shape index (κ3) is 4.72. The average molecular weight is 226 g/mol. The highest BCUT2D eigenvalue weighted by Crippen LogP contribution is 2.07. The molecule has 0 spiro atoms. The molecule has 0 aliphatic heterocycles. The van der Waals surface area contributed by atoms with Gasteiger partial charge in [0.2, 0.25) is 0 Å². The second-order valence-corrected chi connectivity index (χ2v) is 4.58. The van der Waals surface area contributed by atoms with E-state index in [-0.39, 0.29) is 0 Å². The van der Waals surface area contributed by atoms with E-state index in [1.807, 2.05) is 18.5 Å². The monoisotopic (exact) mass is 226 g/mol. The Morgan fingerprint density at radius 1 is 1.56 bits per heavy atom. The summed E-state index contributed by atoms with van der Waals surface area (Å²) >= 11 is 0. The molecule has 0 radical (unpaired) electrons. The third-order valence-corrected chi connectivity index (χ3v) is 2.85. The number of nitrogens with one attached hydrogen (secondary N) is 1. The minimum Gasteiger partial charge on any atom is -0.389 e. The summed E-state index contributed by atoms with van der Waals surface area (Å²) in [5.74, 6) is 0. The van der Waals surface area contributed by atoms with Crippen LogP contribution in [0.25, 0.3) is 0 Å². The first-order chi connectivity index (χ1) is 7.53. The lowest BCUT2D eigenvalue weighted by atomic mass is 10.0. The number of hydrogen-bond acceptors (Lipinski definition) is 4. The fourth-order valence-electron chi connectivity index (χ4n) is 1.30. The van der Waals surface area contributed by atoms with E-state index >= 15 is 0 Å². The lowest BCUT2D eigenvalue weighted by molar-refractivity contribution is 0.0529. The molecule has 2 atom stereocenters. The quantitative estimate of drug-likeness (QED) is 0.722. The van der Waals surface area contributed by atoms with E-state index in [0.29, 0.717) is 12.6 Å². The van der Waals surface area contributed by atoms with Crippen molar-refractivity contribution in [2.24, 2.45) is 0 Å². The zero-order valence-corrected chi connectivity index (χ0v) is 10.3. The number of aromatic nitrogens is 3. The molecular formula is C11H22N4O. The van der Waals surface area contributed by atoms with Gasteiger partial charge in [-0.15, -0.1) is 0 Å². The SMILES string of the molecule is CCC(C)(O)CNC(C)CCn1cncn1. The molecule has 0 amide bonds. The van der Waals surface area contributed by atoms with Gasteiger partial charge in [0.05, 0.1) is 5.60 Å². The Bertz CT molecular complexity index is 284. The molecule has 1 heterocycles. The molecule has 0 bridgehead atoms. The molecule has 1 rings (SSSR count). The Labute approximate surface area is 96.9 Å². The van der Waals surface area contributed by atoms with Gasteiger partial charge in [-0.1, -0.05) is 6.92 Å². The predicted molar refractivity (Wildman–Crippen MR) is 63.0 cm³/mol. The highest BCUT2D eigenvalue weighted by molar-refractivity contribution is 4.75. The summed E-state index contributed by atoms with van der Waals surface area (Å²) in [6.07, 6.45) is 4.99. The molecule has 0 saturated carbocycles. The van der Waals surface area contributed by atoms with Crippen LogP contribution in [0.3, 0.4) is 0 Å². The van der Waals surface area contributed by atoms with Crippen LogP contribution in [0, 0.1) is 0 Å². The number of hydrogen-bond donors (Lipinski definition) is 2. The number of aliphatic hydroxyl groups is 1. The maximum absolute atomic E-state index is 9.83. The van der Waals surface area contributed by atoms with Crippen LogP contribution in [0.1, 0.15) is 33.6 Å². The summed E-state index contributed by atoms with van der Waals surface area (Å²) in [5.41, 5.74) is -0.610. The molecule has 0 aromatic carbocycles. The normalized spacial score (nSPS) is 17.0. The summed E-state index contributed by atoms with van der Waals surface area (Å²) in [7, 11) is 0. The van der Waals surface area contributed by atoms with E-state index in [4.69, 9.17) is 0 Å². The van der Waals surface area contributed by atoms with Crippen molar-refractivity contribution >= 4 is 0 Å². The van der Waals surface area contributed by atoms with Gasteiger partial charge in [0.15, 0.2) is 0 Å². The predicted octanol–water partition coefficient (Wildman–Crippen LogP) is 0.807. The molecule has 16 heavy (non-hydrogen) atoms. The van der Waals surface area contributed by atoms with E-state index < -0.39 is 5.60 Å². The van der Waals surface area contributed by atoms with Crippen LogP contribution in [0.2, 0.25) is 0 Å². The standard InChI is InChI=1S/C11H22N4O/c1-4-11(3,16)7-13-10(2)5-6-15-9-12-8-14-15/h8-10,13,16H,4-7H2,1-3H3. The number of aryl methyl sites for hydroxylation is 1. The summed E-state index contributed by atoms with van der Waals surface area (Å²) < 4.78 is 1.82. The molecule has 2 unspecified atom stereocenters. The Kier molecular flexibility index (Phi) is 4.89. The van der Waals surface area contributed by atoms with E-state index in [2.05, 4.69) is 22.3 Å². The molecule has 0 saturated heterocycles. The molecule has 92 valence electrons. The minimum absolute atomic E-state index is 0.363. The summed E-state index contributed by atoms with van der Waals surface area (Å²) in [4.78, 5) is 3.89. The van der Waals surface area contributed by atoms with Crippen molar-refractivity contribution in [3.63, 3.8) is 0 Å². The van der Waals surface area contributed by atoms with Crippen LogP contribution in [0.4, 0.5) is 0 Å². The van der Waals surface area contributed by atoms with Crippen molar-refractivity contribution < 1.29 is 5.11 Å². The van der Waals surface area contributed by atoms with Gasteiger partial charge < -0.3 is 10.4 Å². The van der Waals surface area contributed by atoms with Gasteiger partial charge in [0, 0.05) is 19.1 Å². The van der Waals surface area contributed by atoms with E-state index in [1.165, 1.54) is 0 Å². The molecule has 0 aliphatic rings. The average Bonchev–Trinajstić information content (AvgIpc) is 2.76. The molecule has 2 N–H and O–H groups in total. The number of rotatable bonds is 7. The van der Waals surface area contributed by atoms with E-state index in [0.717, 1.165) is 19.4 Å². The summed E-state index contributed by atoms with van der Waals surface area (Å²) in [5, 5.41) is 17.2. The first-order valence-corrected chi connectivity index (χ1v) is 5.81. The highest BCUT2D eigenvalue weighted by Gasteiger charge is 2.17. The molecule has 5 nitrogen and oxygen atoms in total. The molecule has 0 fully saturated rings. The zero-order valence-electron chi connectivity index (χ0n) is 10.3. The molecule has 1 aromatic rings. The van der Waals surface area contributed by atoms with Gasteiger partial charge in [-0.2, -0.15) is 5.10 Å². The van der Waals surface area contributed by atoms with Crippen molar-refractivity contribution in [2.45, 2.75) is 51.8 Å². The van der Waals surface area contributed by atoms with Gasteiger partial charge >= 0.3 is 0 Å². The van der Waals surface area contributed by atoms with Crippen LogP contribution >= 0.6 is 0 Å². The smallest absolute Gasteiger partial charge is 0.137 e. The first kappa shape index (κ1) is 13.1. The van der Waals surface area contributed by atoms with Crippen molar-refractivity contribution in [1.82, 2.24) is 20.1 Å². The van der Waals surface area contributed by atoms with Gasteiger partial charge in [-0.25, -0.2) is 4.98 Å². The topological polar surface area (TPSA) is 63.0 Å². The van der Waals surface area contributed by atoms with Gasteiger partial charge in [0.25, 0.3) is 0 Å². The molecular weight excluding hydrogens is 204 g/mol. The fraction of sp³-hybridized carbons (Fsp3) is 0.818. The van der Waals surface area contributed by atoms with E-state index in [9.17, 15) is 5.11 Å². The van der Waals surface area contributed by atoms with Crippen molar-refractivity contribution in [3.05, 3.63) is 12.7 Å². The first-order valence-electron chi connectivity index (χ1n) is 5.81. The second kappa shape index (κ2) is 5.96. The number of nitrogens with zero attached hydrogens (tertiary/aromatic N) is 3. The zero-order chi connectivity index (χ0) is 12.0. The van der Waals surface area contributed by atoms with Crippen LogP contribution in [0.5, 0.6) is 0 Å². The van der Waals surface area contributed by atoms with Gasteiger partial charge in [-0.3, -0.25) is 4.68 Å². The Morgan fingerprint density at radius 3 is 2.88 bits per heavy atom. The highest BCUT2D eigenvalue weighted by atomic mass is 16.3. The van der Waals surface area contributed by atoms with Crippen molar-refractivity contribution in [3.8, 4) is 0 Å². The van der Waals surface area contributed by atoms with Gasteiger partial charge in [0.1, 0.15) is 12.7 Å². The fourth-order valence-corrected chi connectivity index (χ4v) is 1.30. The Morgan fingerprint density at radius 2 is 2.31 bits per heavy atom. The summed E-state index contributed by atoms with van der Waals surface area (Å²) in [6, 6.07) is 0.363. The largest absolute Gasteiger partial charge is 0.389 e. The lowest BCUT2D eigenvalue weighted by Crippen LogP contribution is -2.41. The van der Waals surface area contributed by atoms with Crippen LogP contribution in [-0.4, -0.2) is 38.1 Å². The van der Waals surface area contributed by atoms with Crippen LogP contribution < -0.4 is 5.32 Å². The van der Waals surface area contributed by atoms with Crippen molar-refractivity contribution in [1.29, 1.82) is 0 Å².